The number of carbonyl (C=O) groups excluding carboxylic acids is 2. The van der Waals surface area contributed by atoms with E-state index in [4.69, 9.17) is 0 Å². The summed E-state index contributed by atoms with van der Waals surface area (Å²) in [5.41, 5.74) is 2.86. The van der Waals surface area contributed by atoms with Crippen molar-refractivity contribution in [1.29, 1.82) is 0 Å². The van der Waals surface area contributed by atoms with Crippen molar-refractivity contribution in [3.8, 4) is 0 Å². The minimum absolute atomic E-state index is 0.334. The molecule has 0 radical (unpaired) electrons. The summed E-state index contributed by atoms with van der Waals surface area (Å²) in [6.45, 7) is 3.64. The van der Waals surface area contributed by atoms with Gasteiger partial charge in [-0.2, -0.15) is 10.1 Å². The highest BCUT2D eigenvalue weighted by Crippen LogP contribution is 2.24. The monoisotopic (exact) mass is 307 g/mol. The zero-order valence-corrected chi connectivity index (χ0v) is 13.0. The Kier molecular flexibility index (Phi) is 3.93. The Hall–Kier alpha value is -2.95. The van der Waals surface area contributed by atoms with Gasteiger partial charge in [-0.3, -0.25) is 9.59 Å². The summed E-state index contributed by atoms with van der Waals surface area (Å²) in [4.78, 5) is 25.0. The van der Waals surface area contributed by atoms with E-state index in [0.717, 1.165) is 5.56 Å². The number of rotatable bonds is 3. The van der Waals surface area contributed by atoms with E-state index in [0.29, 0.717) is 17.1 Å². The van der Waals surface area contributed by atoms with Crippen molar-refractivity contribution in [2.24, 2.45) is 11.0 Å². The number of hydrazone groups is 1. The number of carbonyl (C=O) groups is 2. The van der Waals surface area contributed by atoms with Crippen molar-refractivity contribution >= 4 is 28.9 Å². The first-order valence-corrected chi connectivity index (χ1v) is 7.38. The number of nitrogens with one attached hydrogen (secondary N) is 1. The summed E-state index contributed by atoms with van der Waals surface area (Å²) in [7, 11) is 0. The number of hydrogen-bond donors (Lipinski definition) is 1. The third kappa shape index (κ3) is 2.99. The molecule has 2 aromatic rings. The molecule has 0 fully saturated rings. The fourth-order valence-corrected chi connectivity index (χ4v) is 2.56. The molecule has 1 heterocycles. The van der Waals surface area contributed by atoms with Gasteiger partial charge in [0.15, 0.2) is 5.92 Å². The van der Waals surface area contributed by atoms with Crippen LogP contribution in [0.2, 0.25) is 0 Å². The zero-order valence-electron chi connectivity index (χ0n) is 13.0. The SMILES string of the molecule is CC1=NN(c2ccccc2)C(=O)C1C(=O)Nc1cccc(C)c1. The Morgan fingerprint density at radius 1 is 1.09 bits per heavy atom. The summed E-state index contributed by atoms with van der Waals surface area (Å²) in [5, 5.41) is 8.32. The molecule has 0 saturated carbocycles. The Morgan fingerprint density at radius 2 is 1.83 bits per heavy atom. The van der Waals surface area contributed by atoms with Gasteiger partial charge < -0.3 is 5.32 Å². The van der Waals surface area contributed by atoms with Crippen LogP contribution in [0.15, 0.2) is 59.7 Å². The number of aryl methyl sites for hydroxylation is 1. The highest BCUT2D eigenvalue weighted by Gasteiger charge is 2.39. The topological polar surface area (TPSA) is 61.8 Å². The fourth-order valence-electron chi connectivity index (χ4n) is 2.56. The molecule has 0 bridgehead atoms. The first-order chi connectivity index (χ1) is 11.1. The average molecular weight is 307 g/mol. The number of benzene rings is 2. The molecule has 116 valence electrons. The van der Waals surface area contributed by atoms with Crippen LogP contribution in [0.25, 0.3) is 0 Å². The number of hydrogen-bond acceptors (Lipinski definition) is 3. The molecular weight excluding hydrogens is 290 g/mol. The largest absolute Gasteiger partial charge is 0.325 e. The van der Waals surface area contributed by atoms with Crippen LogP contribution >= 0.6 is 0 Å². The van der Waals surface area contributed by atoms with Gasteiger partial charge in [-0.25, -0.2) is 0 Å². The third-order valence-corrected chi connectivity index (χ3v) is 3.68. The Morgan fingerprint density at radius 3 is 2.52 bits per heavy atom. The van der Waals surface area contributed by atoms with E-state index in [1.807, 2.05) is 43.3 Å². The molecular formula is C18H17N3O2. The van der Waals surface area contributed by atoms with E-state index < -0.39 is 5.92 Å². The molecule has 2 amide bonds. The molecule has 1 N–H and O–H groups in total. The fraction of sp³-hybridized carbons (Fsp3) is 0.167. The summed E-state index contributed by atoms with van der Waals surface area (Å²) >= 11 is 0. The minimum Gasteiger partial charge on any atom is -0.325 e. The maximum absolute atomic E-state index is 12.6. The van der Waals surface area contributed by atoms with E-state index in [1.54, 1.807) is 25.1 Å². The first-order valence-electron chi connectivity index (χ1n) is 7.38. The lowest BCUT2D eigenvalue weighted by Gasteiger charge is -2.14. The molecule has 23 heavy (non-hydrogen) atoms. The van der Waals surface area contributed by atoms with Gasteiger partial charge in [-0.05, 0) is 43.7 Å². The van der Waals surface area contributed by atoms with Crippen molar-refractivity contribution in [3.63, 3.8) is 0 Å². The molecule has 1 unspecified atom stereocenters. The molecule has 0 aromatic heterocycles. The van der Waals surface area contributed by atoms with E-state index in [-0.39, 0.29) is 11.8 Å². The second-order valence-electron chi connectivity index (χ2n) is 5.52. The predicted molar refractivity (Wildman–Crippen MR) is 90.3 cm³/mol. The van der Waals surface area contributed by atoms with E-state index in [9.17, 15) is 9.59 Å². The van der Waals surface area contributed by atoms with Crippen LogP contribution in [0.3, 0.4) is 0 Å². The lowest BCUT2D eigenvalue weighted by atomic mass is 10.0. The Balaban J connectivity index is 1.80. The van der Waals surface area contributed by atoms with Crippen LogP contribution in [0.1, 0.15) is 12.5 Å². The van der Waals surface area contributed by atoms with Crippen LogP contribution in [0.4, 0.5) is 11.4 Å². The van der Waals surface area contributed by atoms with Gasteiger partial charge in [-0.1, -0.05) is 30.3 Å². The normalized spacial score (nSPS) is 17.1. The van der Waals surface area contributed by atoms with Crippen LogP contribution in [0.5, 0.6) is 0 Å². The van der Waals surface area contributed by atoms with Crippen molar-refractivity contribution < 1.29 is 9.59 Å². The lowest BCUT2D eigenvalue weighted by molar-refractivity contribution is -0.127. The average Bonchev–Trinajstić information content (AvgIpc) is 2.83. The molecule has 5 heteroatoms. The molecule has 5 nitrogen and oxygen atoms in total. The molecule has 0 spiro atoms. The van der Waals surface area contributed by atoms with Gasteiger partial charge in [0, 0.05) is 5.69 Å². The molecule has 0 aliphatic carbocycles. The zero-order chi connectivity index (χ0) is 16.4. The van der Waals surface area contributed by atoms with Crippen LogP contribution in [-0.4, -0.2) is 17.5 Å². The quantitative estimate of drug-likeness (QED) is 0.886. The lowest BCUT2D eigenvalue weighted by Crippen LogP contribution is -2.36. The van der Waals surface area contributed by atoms with Crippen molar-refractivity contribution in [1.82, 2.24) is 0 Å². The Labute approximate surface area is 134 Å². The molecule has 2 aromatic carbocycles. The van der Waals surface area contributed by atoms with Gasteiger partial charge in [0.1, 0.15) is 0 Å². The summed E-state index contributed by atoms with van der Waals surface area (Å²) in [6.07, 6.45) is 0. The third-order valence-electron chi connectivity index (χ3n) is 3.68. The molecule has 1 aliphatic heterocycles. The molecule has 1 atom stereocenters. The second kappa shape index (κ2) is 6.04. The number of para-hydroxylation sites is 1. The standard InChI is InChI=1S/C18H17N3O2/c1-12-7-6-8-14(11-12)19-17(22)16-13(2)20-21(18(16)23)15-9-4-3-5-10-15/h3-11,16H,1-2H3,(H,19,22). The van der Waals surface area contributed by atoms with E-state index in [2.05, 4.69) is 10.4 Å². The smallest absolute Gasteiger partial charge is 0.265 e. The maximum Gasteiger partial charge on any atom is 0.265 e. The van der Waals surface area contributed by atoms with E-state index in [1.165, 1.54) is 5.01 Å². The minimum atomic E-state index is -0.893. The summed E-state index contributed by atoms with van der Waals surface area (Å²) < 4.78 is 0. The maximum atomic E-state index is 12.6. The van der Waals surface area contributed by atoms with Gasteiger partial charge in [0.25, 0.3) is 5.91 Å². The summed E-state index contributed by atoms with van der Waals surface area (Å²) in [6, 6.07) is 16.6. The van der Waals surface area contributed by atoms with Crippen molar-refractivity contribution in [3.05, 3.63) is 60.2 Å². The van der Waals surface area contributed by atoms with Gasteiger partial charge in [0.05, 0.1) is 11.4 Å². The number of amides is 2. The van der Waals surface area contributed by atoms with Gasteiger partial charge in [0.2, 0.25) is 5.91 Å². The molecule has 0 saturated heterocycles. The molecule has 1 aliphatic rings. The highest BCUT2D eigenvalue weighted by atomic mass is 16.2. The van der Waals surface area contributed by atoms with Crippen molar-refractivity contribution in [2.45, 2.75) is 13.8 Å². The van der Waals surface area contributed by atoms with Crippen LogP contribution < -0.4 is 10.3 Å². The number of nitrogens with zero attached hydrogens (tertiary/aromatic N) is 2. The van der Waals surface area contributed by atoms with Crippen LogP contribution in [-0.2, 0) is 9.59 Å². The van der Waals surface area contributed by atoms with Gasteiger partial charge >= 0.3 is 0 Å². The number of anilines is 2. The highest BCUT2D eigenvalue weighted by molar-refractivity contribution is 6.28. The molecule has 3 rings (SSSR count). The summed E-state index contributed by atoms with van der Waals surface area (Å²) in [5.74, 6) is -1.59. The van der Waals surface area contributed by atoms with E-state index >= 15 is 0 Å². The van der Waals surface area contributed by atoms with Crippen molar-refractivity contribution in [2.75, 3.05) is 10.3 Å². The second-order valence-corrected chi connectivity index (χ2v) is 5.52. The first kappa shape index (κ1) is 15.0. The predicted octanol–water partition coefficient (Wildman–Crippen LogP) is 2.97. The van der Waals surface area contributed by atoms with Gasteiger partial charge in [-0.15, -0.1) is 0 Å². The van der Waals surface area contributed by atoms with Crippen LogP contribution in [0, 0.1) is 12.8 Å². The Bertz CT molecular complexity index is 784.